The number of rotatable bonds is 3. The summed E-state index contributed by atoms with van der Waals surface area (Å²) < 4.78 is 14.0. The van der Waals surface area contributed by atoms with Crippen LogP contribution in [0.25, 0.3) is 0 Å². The largest absolute Gasteiger partial charge is 0.349 e. The van der Waals surface area contributed by atoms with Crippen LogP contribution < -0.4 is 5.32 Å². The molecule has 0 bridgehead atoms. The van der Waals surface area contributed by atoms with Gasteiger partial charge in [-0.1, -0.05) is 50.6 Å². The van der Waals surface area contributed by atoms with E-state index >= 15 is 0 Å². The zero-order chi connectivity index (χ0) is 21.2. The highest BCUT2D eigenvalue weighted by Crippen LogP contribution is 2.24. The summed E-state index contributed by atoms with van der Waals surface area (Å²) in [5, 5.41) is 3.15. The topological polar surface area (TPSA) is 49.4 Å². The smallest absolute Gasteiger partial charge is 0.258 e. The molecule has 0 saturated carbocycles. The molecule has 154 valence electrons. The van der Waals surface area contributed by atoms with Crippen molar-refractivity contribution >= 4 is 23.4 Å². The molecule has 2 amide bonds. The van der Waals surface area contributed by atoms with Crippen molar-refractivity contribution in [2.45, 2.75) is 45.1 Å². The van der Waals surface area contributed by atoms with Gasteiger partial charge in [-0.3, -0.25) is 9.59 Å². The number of halogens is 2. The molecule has 0 spiro atoms. The van der Waals surface area contributed by atoms with Crippen LogP contribution in [0.2, 0.25) is 5.02 Å². The summed E-state index contributed by atoms with van der Waals surface area (Å²) in [4.78, 5) is 26.7. The van der Waals surface area contributed by atoms with Crippen LogP contribution in [0.1, 0.15) is 59.9 Å². The molecule has 0 atom stereocenters. The van der Waals surface area contributed by atoms with Gasteiger partial charge in [0.05, 0.1) is 10.6 Å². The Labute approximate surface area is 176 Å². The first-order valence-corrected chi connectivity index (χ1v) is 10.2. The van der Waals surface area contributed by atoms with Gasteiger partial charge in [0.1, 0.15) is 5.82 Å². The molecular weight excluding hydrogens is 391 g/mol. The molecule has 0 aliphatic carbocycles. The minimum absolute atomic E-state index is 0.0232. The lowest BCUT2D eigenvalue weighted by Crippen LogP contribution is -2.46. The van der Waals surface area contributed by atoms with E-state index in [0.717, 1.165) is 0 Å². The molecule has 6 heteroatoms. The third-order valence-electron chi connectivity index (χ3n) is 5.31. The SMILES string of the molecule is CC(C)(C)c1ccc(C(=O)NC2CCN(C(=O)c3c(F)cccc3Cl)CC2)cc1. The molecule has 1 aliphatic rings. The van der Waals surface area contributed by atoms with Crippen LogP contribution >= 0.6 is 11.6 Å². The molecule has 1 aliphatic heterocycles. The normalized spacial score (nSPS) is 15.3. The van der Waals surface area contributed by atoms with Crippen LogP contribution in [0, 0.1) is 5.82 Å². The Bertz CT molecular complexity index is 878. The zero-order valence-electron chi connectivity index (χ0n) is 17.0. The van der Waals surface area contributed by atoms with Crippen LogP contribution in [0.4, 0.5) is 4.39 Å². The number of amides is 2. The molecule has 3 rings (SSSR count). The molecule has 1 heterocycles. The summed E-state index contributed by atoms with van der Waals surface area (Å²) >= 11 is 6.00. The molecule has 0 radical (unpaired) electrons. The number of benzene rings is 2. The maximum absolute atomic E-state index is 14.0. The van der Waals surface area contributed by atoms with Crippen molar-refractivity contribution in [2.75, 3.05) is 13.1 Å². The third kappa shape index (κ3) is 4.96. The highest BCUT2D eigenvalue weighted by molar-refractivity contribution is 6.33. The Balaban J connectivity index is 1.57. The molecule has 2 aromatic carbocycles. The quantitative estimate of drug-likeness (QED) is 0.780. The summed E-state index contributed by atoms with van der Waals surface area (Å²) in [6.45, 7) is 7.28. The Hall–Kier alpha value is -2.40. The van der Waals surface area contributed by atoms with Crippen molar-refractivity contribution < 1.29 is 14.0 Å². The minimum atomic E-state index is -0.614. The Morgan fingerprint density at radius 3 is 2.24 bits per heavy atom. The van der Waals surface area contributed by atoms with Gasteiger partial charge in [-0.2, -0.15) is 0 Å². The van der Waals surface area contributed by atoms with Gasteiger partial charge in [-0.05, 0) is 48.1 Å². The molecular formula is C23H26ClFN2O2. The van der Waals surface area contributed by atoms with Crippen LogP contribution in [0.15, 0.2) is 42.5 Å². The highest BCUT2D eigenvalue weighted by atomic mass is 35.5. The van der Waals surface area contributed by atoms with Crippen molar-refractivity contribution in [1.29, 1.82) is 0 Å². The van der Waals surface area contributed by atoms with Crippen molar-refractivity contribution in [3.8, 4) is 0 Å². The Morgan fingerprint density at radius 1 is 1.07 bits per heavy atom. The monoisotopic (exact) mass is 416 g/mol. The minimum Gasteiger partial charge on any atom is -0.349 e. The molecule has 4 nitrogen and oxygen atoms in total. The summed E-state index contributed by atoms with van der Waals surface area (Å²) in [5.74, 6) is -1.14. The fourth-order valence-electron chi connectivity index (χ4n) is 3.48. The number of carbonyl (C=O) groups is 2. The van der Waals surface area contributed by atoms with E-state index < -0.39 is 11.7 Å². The molecule has 0 unspecified atom stereocenters. The van der Waals surface area contributed by atoms with Crippen LogP contribution in [0.3, 0.4) is 0 Å². The standard InChI is InChI=1S/C23H26ClFN2O2/c1-23(2,3)16-9-7-15(8-10-16)21(28)26-17-11-13-27(14-12-17)22(29)20-18(24)5-4-6-19(20)25/h4-10,17H,11-14H2,1-3H3,(H,26,28). The van der Waals surface area contributed by atoms with E-state index in [-0.39, 0.29) is 28.0 Å². The van der Waals surface area contributed by atoms with E-state index in [2.05, 4.69) is 26.1 Å². The highest BCUT2D eigenvalue weighted by Gasteiger charge is 2.27. The number of carbonyl (C=O) groups excluding carboxylic acids is 2. The summed E-state index contributed by atoms with van der Waals surface area (Å²) in [6.07, 6.45) is 1.23. The maximum Gasteiger partial charge on any atom is 0.258 e. The van der Waals surface area contributed by atoms with E-state index in [1.165, 1.54) is 23.8 Å². The lowest BCUT2D eigenvalue weighted by atomic mass is 9.86. The van der Waals surface area contributed by atoms with Crippen molar-refractivity contribution in [2.24, 2.45) is 0 Å². The maximum atomic E-state index is 14.0. The third-order valence-corrected chi connectivity index (χ3v) is 5.62. The number of nitrogens with zero attached hydrogens (tertiary/aromatic N) is 1. The predicted octanol–water partition coefficient (Wildman–Crippen LogP) is 4.81. The Kier molecular flexibility index (Phi) is 6.27. The first-order valence-electron chi connectivity index (χ1n) is 9.81. The molecule has 1 saturated heterocycles. The second-order valence-corrected chi connectivity index (χ2v) is 8.87. The fourth-order valence-corrected chi connectivity index (χ4v) is 3.72. The van der Waals surface area contributed by atoms with Gasteiger partial charge in [-0.25, -0.2) is 4.39 Å². The lowest BCUT2D eigenvalue weighted by molar-refractivity contribution is 0.0694. The summed E-state index contributed by atoms with van der Waals surface area (Å²) in [7, 11) is 0. The first-order chi connectivity index (χ1) is 13.7. The summed E-state index contributed by atoms with van der Waals surface area (Å²) in [5.41, 5.74) is 1.74. The van der Waals surface area contributed by atoms with Gasteiger partial charge in [0.25, 0.3) is 11.8 Å². The molecule has 2 aromatic rings. The number of hydrogen-bond acceptors (Lipinski definition) is 2. The predicted molar refractivity (Wildman–Crippen MR) is 113 cm³/mol. The molecule has 1 fully saturated rings. The van der Waals surface area contributed by atoms with Gasteiger partial charge in [0.2, 0.25) is 0 Å². The number of hydrogen-bond donors (Lipinski definition) is 1. The van der Waals surface area contributed by atoms with E-state index in [4.69, 9.17) is 11.6 Å². The lowest BCUT2D eigenvalue weighted by Gasteiger charge is -2.32. The zero-order valence-corrected chi connectivity index (χ0v) is 17.7. The van der Waals surface area contributed by atoms with Crippen molar-refractivity contribution in [3.63, 3.8) is 0 Å². The van der Waals surface area contributed by atoms with Gasteiger partial charge in [0, 0.05) is 24.7 Å². The Morgan fingerprint density at radius 2 is 1.69 bits per heavy atom. The van der Waals surface area contributed by atoms with Crippen LogP contribution in [-0.4, -0.2) is 35.8 Å². The number of nitrogens with one attached hydrogen (secondary N) is 1. The van der Waals surface area contributed by atoms with Crippen molar-refractivity contribution in [1.82, 2.24) is 10.2 Å². The van der Waals surface area contributed by atoms with Gasteiger partial charge in [-0.15, -0.1) is 0 Å². The number of piperidine rings is 1. The number of likely N-dealkylation sites (tertiary alicyclic amines) is 1. The van der Waals surface area contributed by atoms with Gasteiger partial charge in [0.15, 0.2) is 0 Å². The van der Waals surface area contributed by atoms with Crippen molar-refractivity contribution in [3.05, 3.63) is 70.0 Å². The van der Waals surface area contributed by atoms with E-state index in [1.54, 1.807) is 4.90 Å². The van der Waals surface area contributed by atoms with E-state index in [0.29, 0.717) is 31.5 Å². The fraction of sp³-hybridized carbons (Fsp3) is 0.391. The van der Waals surface area contributed by atoms with Gasteiger partial charge < -0.3 is 10.2 Å². The molecule has 1 N–H and O–H groups in total. The first kappa shape index (κ1) is 21.3. The van der Waals surface area contributed by atoms with Gasteiger partial charge >= 0.3 is 0 Å². The second-order valence-electron chi connectivity index (χ2n) is 8.46. The second kappa shape index (κ2) is 8.54. The average molecular weight is 417 g/mol. The molecule has 29 heavy (non-hydrogen) atoms. The average Bonchev–Trinajstić information content (AvgIpc) is 2.67. The van der Waals surface area contributed by atoms with E-state index in [9.17, 15) is 14.0 Å². The van der Waals surface area contributed by atoms with Crippen LogP contribution in [-0.2, 0) is 5.41 Å². The van der Waals surface area contributed by atoms with E-state index in [1.807, 2.05) is 24.3 Å². The summed E-state index contributed by atoms with van der Waals surface area (Å²) in [6, 6.07) is 11.8. The molecule has 0 aromatic heterocycles. The van der Waals surface area contributed by atoms with Crippen LogP contribution in [0.5, 0.6) is 0 Å².